The Hall–Kier alpha value is -2.17. The number of anilines is 2. The quantitative estimate of drug-likeness (QED) is 0.524. The van der Waals surface area contributed by atoms with E-state index in [0.717, 1.165) is 10.5 Å². The highest BCUT2D eigenvalue weighted by atomic mass is 79.9. The van der Waals surface area contributed by atoms with Crippen molar-refractivity contribution >= 4 is 54.9 Å². The number of carbonyl (C=O) groups is 1. The lowest BCUT2D eigenvalue weighted by Gasteiger charge is -2.23. The van der Waals surface area contributed by atoms with Crippen molar-refractivity contribution in [1.82, 2.24) is 9.88 Å². The molecule has 0 saturated heterocycles. The van der Waals surface area contributed by atoms with Crippen molar-refractivity contribution in [3.8, 4) is 0 Å². The first-order valence-corrected chi connectivity index (χ1v) is 11.8. The van der Waals surface area contributed by atoms with E-state index in [1.54, 1.807) is 24.4 Å². The third-order valence-corrected chi connectivity index (χ3v) is 7.26. The average Bonchev–Trinajstić information content (AvgIpc) is 3.28. The van der Waals surface area contributed by atoms with Crippen LogP contribution in [0.25, 0.3) is 0 Å². The van der Waals surface area contributed by atoms with E-state index in [1.807, 2.05) is 12.1 Å². The van der Waals surface area contributed by atoms with E-state index in [0.29, 0.717) is 15.9 Å². The van der Waals surface area contributed by atoms with Gasteiger partial charge in [-0.3, -0.25) is 0 Å². The maximum Gasteiger partial charge on any atom is 0.342 e. The second-order valence-corrected chi connectivity index (χ2v) is 10.6. The van der Waals surface area contributed by atoms with Crippen molar-refractivity contribution in [1.29, 1.82) is 0 Å². The van der Waals surface area contributed by atoms with Crippen LogP contribution in [-0.4, -0.2) is 19.6 Å². The molecule has 1 N–H and O–H groups in total. The van der Waals surface area contributed by atoms with E-state index in [2.05, 4.69) is 46.6 Å². The van der Waals surface area contributed by atoms with Crippen LogP contribution in [0.2, 0.25) is 0 Å². The fourth-order valence-electron chi connectivity index (χ4n) is 2.55. The summed E-state index contributed by atoms with van der Waals surface area (Å²) >= 11 is 4.58. The summed E-state index contributed by atoms with van der Waals surface area (Å²) in [7, 11) is -4.02. The summed E-state index contributed by atoms with van der Waals surface area (Å²) < 4.78 is 32.9. The van der Waals surface area contributed by atoms with Crippen LogP contribution < -0.4 is 9.62 Å². The van der Waals surface area contributed by atoms with Gasteiger partial charge in [-0.15, -0.1) is 0 Å². The van der Waals surface area contributed by atoms with E-state index in [9.17, 15) is 13.2 Å². The molecule has 2 amide bonds. The standard InChI is InChI=1S/C19H20BrN3O4S2/c1-12-16(20)17(27-21-12)23(14-7-5-13(6-8-14)19(2,3)4)18(24)22-29(25,26)15-9-10-28-11-15/h5-11H,1-4H3,(H,22,24). The van der Waals surface area contributed by atoms with Crippen molar-refractivity contribution in [3.05, 3.63) is 56.8 Å². The maximum absolute atomic E-state index is 13.0. The molecular formula is C19H20BrN3O4S2. The van der Waals surface area contributed by atoms with Gasteiger partial charge in [-0.25, -0.2) is 22.8 Å². The number of hydrogen-bond acceptors (Lipinski definition) is 6. The van der Waals surface area contributed by atoms with Gasteiger partial charge in [0.15, 0.2) is 0 Å². The predicted octanol–water partition coefficient (Wildman–Crippen LogP) is 5.34. The number of rotatable bonds is 4. The zero-order valence-corrected chi connectivity index (χ0v) is 19.5. The number of aromatic nitrogens is 1. The average molecular weight is 498 g/mol. The summed E-state index contributed by atoms with van der Waals surface area (Å²) in [6.07, 6.45) is 0. The third-order valence-electron chi connectivity index (χ3n) is 4.20. The van der Waals surface area contributed by atoms with Crippen molar-refractivity contribution in [2.75, 3.05) is 4.90 Å². The number of urea groups is 1. The molecule has 29 heavy (non-hydrogen) atoms. The Bertz CT molecular complexity index is 1120. The lowest BCUT2D eigenvalue weighted by Crippen LogP contribution is -2.40. The fraction of sp³-hybridized carbons (Fsp3) is 0.263. The lowest BCUT2D eigenvalue weighted by atomic mass is 9.87. The topological polar surface area (TPSA) is 92.5 Å². The molecule has 0 unspecified atom stereocenters. The Morgan fingerprint density at radius 3 is 2.34 bits per heavy atom. The van der Waals surface area contributed by atoms with Gasteiger partial charge in [0.25, 0.3) is 15.9 Å². The van der Waals surface area contributed by atoms with Crippen molar-refractivity contribution < 1.29 is 17.7 Å². The molecule has 0 bridgehead atoms. The molecule has 0 atom stereocenters. The molecule has 2 aromatic heterocycles. The highest BCUT2D eigenvalue weighted by Crippen LogP contribution is 2.35. The molecule has 0 radical (unpaired) electrons. The van der Waals surface area contributed by atoms with E-state index in [-0.39, 0.29) is 16.2 Å². The number of nitrogens with zero attached hydrogens (tertiary/aromatic N) is 2. The van der Waals surface area contributed by atoms with Gasteiger partial charge in [-0.2, -0.15) is 11.3 Å². The number of benzene rings is 1. The molecule has 0 aliphatic rings. The first kappa shape index (κ1) is 21.5. The van der Waals surface area contributed by atoms with E-state index in [4.69, 9.17) is 4.52 Å². The minimum absolute atomic E-state index is 0.0201. The fourth-order valence-corrected chi connectivity index (χ4v) is 4.83. The van der Waals surface area contributed by atoms with Crippen LogP contribution in [0.3, 0.4) is 0 Å². The van der Waals surface area contributed by atoms with Crippen LogP contribution in [0.15, 0.2) is 55.0 Å². The van der Waals surface area contributed by atoms with Crippen LogP contribution in [0.1, 0.15) is 32.0 Å². The van der Waals surface area contributed by atoms with Gasteiger partial charge < -0.3 is 4.52 Å². The molecule has 2 heterocycles. The summed E-state index contributed by atoms with van der Waals surface area (Å²) in [5.41, 5.74) is 1.97. The van der Waals surface area contributed by atoms with E-state index >= 15 is 0 Å². The highest BCUT2D eigenvalue weighted by Gasteiger charge is 2.30. The molecule has 0 aliphatic heterocycles. The smallest absolute Gasteiger partial charge is 0.336 e. The molecule has 1 aromatic carbocycles. The Balaban J connectivity index is 2.02. The number of carbonyl (C=O) groups excluding carboxylic acids is 1. The van der Waals surface area contributed by atoms with E-state index < -0.39 is 16.1 Å². The van der Waals surface area contributed by atoms with Gasteiger partial charge in [0.05, 0.1) is 16.3 Å². The minimum atomic E-state index is -4.02. The van der Waals surface area contributed by atoms with Crippen LogP contribution in [0.5, 0.6) is 0 Å². The first-order chi connectivity index (χ1) is 13.5. The predicted molar refractivity (Wildman–Crippen MR) is 116 cm³/mol. The zero-order chi connectivity index (χ0) is 21.4. The summed E-state index contributed by atoms with van der Waals surface area (Å²) in [5, 5.41) is 6.93. The van der Waals surface area contributed by atoms with Crippen LogP contribution >= 0.6 is 27.3 Å². The number of hydrogen-bond donors (Lipinski definition) is 1. The van der Waals surface area contributed by atoms with Crippen LogP contribution in [0.4, 0.5) is 16.4 Å². The highest BCUT2D eigenvalue weighted by molar-refractivity contribution is 9.10. The largest absolute Gasteiger partial charge is 0.342 e. The van der Waals surface area contributed by atoms with Gasteiger partial charge in [-0.1, -0.05) is 38.1 Å². The van der Waals surface area contributed by atoms with Gasteiger partial charge in [0.2, 0.25) is 0 Å². The number of halogens is 1. The van der Waals surface area contributed by atoms with Crippen molar-refractivity contribution in [2.24, 2.45) is 0 Å². The number of aryl methyl sites for hydroxylation is 1. The molecule has 0 saturated carbocycles. The number of sulfonamides is 1. The van der Waals surface area contributed by atoms with Crippen molar-refractivity contribution in [3.63, 3.8) is 0 Å². The van der Waals surface area contributed by atoms with Crippen molar-refractivity contribution in [2.45, 2.75) is 38.0 Å². The van der Waals surface area contributed by atoms with Crippen LogP contribution in [-0.2, 0) is 15.4 Å². The molecule has 3 aromatic rings. The molecule has 154 valence electrons. The molecule has 3 rings (SSSR count). The summed E-state index contributed by atoms with van der Waals surface area (Å²) in [4.78, 5) is 14.2. The minimum Gasteiger partial charge on any atom is -0.336 e. The van der Waals surface area contributed by atoms with Gasteiger partial charge in [0, 0.05) is 5.38 Å². The first-order valence-electron chi connectivity index (χ1n) is 8.62. The molecule has 0 spiro atoms. The lowest BCUT2D eigenvalue weighted by molar-refractivity contribution is 0.251. The summed E-state index contributed by atoms with van der Waals surface area (Å²) in [6, 6.07) is 7.80. The normalized spacial score (nSPS) is 12.0. The van der Waals surface area contributed by atoms with Crippen LogP contribution in [0, 0.1) is 6.92 Å². The monoisotopic (exact) mass is 497 g/mol. The number of nitrogens with one attached hydrogen (secondary N) is 1. The molecule has 10 heteroatoms. The molecule has 0 aliphatic carbocycles. The SMILES string of the molecule is Cc1noc(N(C(=O)NS(=O)(=O)c2ccsc2)c2ccc(C(C)(C)C)cc2)c1Br. The molecular weight excluding hydrogens is 478 g/mol. The Morgan fingerprint density at radius 1 is 1.21 bits per heavy atom. The summed E-state index contributed by atoms with van der Waals surface area (Å²) in [6.45, 7) is 7.95. The third kappa shape index (κ3) is 4.54. The Labute approximate surface area is 181 Å². The van der Waals surface area contributed by atoms with Gasteiger partial charge in [0.1, 0.15) is 4.47 Å². The zero-order valence-electron chi connectivity index (χ0n) is 16.3. The van der Waals surface area contributed by atoms with Gasteiger partial charge >= 0.3 is 6.03 Å². The number of amides is 2. The van der Waals surface area contributed by atoms with Gasteiger partial charge in [-0.05, 0) is 57.4 Å². The van der Waals surface area contributed by atoms with E-state index in [1.165, 1.54) is 22.8 Å². The second-order valence-electron chi connectivity index (χ2n) is 7.39. The summed E-state index contributed by atoms with van der Waals surface area (Å²) in [5.74, 6) is 0.0871. The number of thiophene rings is 1. The Morgan fingerprint density at radius 2 is 1.86 bits per heavy atom. The Kier molecular flexibility index (Phi) is 5.88. The molecule has 7 nitrogen and oxygen atoms in total. The second kappa shape index (κ2) is 7.92. The maximum atomic E-state index is 13.0. The molecule has 0 fully saturated rings.